The number of hydrogen-bond acceptors (Lipinski definition) is 6. The molecule has 0 saturated carbocycles. The minimum atomic E-state index is -3.66. The second kappa shape index (κ2) is 8.82. The van der Waals surface area contributed by atoms with E-state index < -0.39 is 29.2 Å². The second-order valence-electron chi connectivity index (χ2n) is 9.27. The number of hydrogen-bond donors (Lipinski definition) is 1. The van der Waals surface area contributed by atoms with Gasteiger partial charge >= 0.3 is 5.92 Å². The first-order chi connectivity index (χ1) is 18.3. The zero-order chi connectivity index (χ0) is 26.6. The van der Waals surface area contributed by atoms with Crippen LogP contribution in [-0.4, -0.2) is 39.1 Å². The molecule has 0 fully saturated rings. The normalized spacial score (nSPS) is 14.8. The number of aromatic nitrogens is 8. The van der Waals surface area contributed by atoms with Gasteiger partial charge in [-0.25, -0.2) is 19.0 Å². The Kier molecular flexibility index (Phi) is 5.55. The molecule has 1 aromatic carbocycles. The maximum atomic E-state index is 15.5. The Bertz CT molecular complexity index is 1650. The van der Waals surface area contributed by atoms with E-state index in [9.17, 15) is 4.39 Å². The van der Waals surface area contributed by atoms with E-state index in [4.69, 9.17) is 4.98 Å². The molecule has 194 valence electrons. The van der Waals surface area contributed by atoms with Crippen molar-refractivity contribution in [3.05, 3.63) is 77.8 Å². The third kappa shape index (κ3) is 3.75. The predicted octanol–water partition coefficient (Wildman–Crippen LogP) is 5.33. The Balaban J connectivity index is 1.39. The lowest BCUT2D eigenvalue weighted by molar-refractivity contribution is 0.0231. The van der Waals surface area contributed by atoms with Gasteiger partial charge in [-0.05, 0) is 44.5 Å². The van der Waals surface area contributed by atoms with E-state index in [1.165, 1.54) is 16.7 Å². The van der Waals surface area contributed by atoms with Crippen LogP contribution in [0, 0.1) is 12.7 Å². The molecule has 1 N–H and O–H groups in total. The quantitative estimate of drug-likeness (QED) is 0.326. The Labute approximate surface area is 216 Å². The molecule has 12 heteroatoms. The van der Waals surface area contributed by atoms with Crippen LogP contribution in [0.2, 0.25) is 0 Å². The smallest absolute Gasteiger partial charge is 0.334 e. The van der Waals surface area contributed by atoms with Crippen molar-refractivity contribution in [3.8, 4) is 22.8 Å². The van der Waals surface area contributed by atoms with Gasteiger partial charge in [-0.15, -0.1) is 10.2 Å². The summed E-state index contributed by atoms with van der Waals surface area (Å²) >= 11 is 0. The minimum absolute atomic E-state index is 0.290. The van der Waals surface area contributed by atoms with Crippen LogP contribution >= 0.6 is 0 Å². The van der Waals surface area contributed by atoms with Crippen molar-refractivity contribution < 1.29 is 13.2 Å². The van der Waals surface area contributed by atoms with E-state index in [-0.39, 0.29) is 5.82 Å². The largest absolute Gasteiger partial charge is 0.342 e. The Hall–Kier alpha value is -4.48. The lowest BCUT2D eigenvalue weighted by Gasteiger charge is -2.27. The third-order valence-corrected chi connectivity index (χ3v) is 6.72. The maximum absolute atomic E-state index is 15.5. The van der Waals surface area contributed by atoms with Gasteiger partial charge in [-0.2, -0.15) is 13.9 Å². The van der Waals surface area contributed by atoms with E-state index >= 15 is 8.78 Å². The Morgan fingerprint density at radius 3 is 2.76 bits per heavy atom. The van der Waals surface area contributed by atoms with E-state index in [0.717, 1.165) is 29.1 Å². The van der Waals surface area contributed by atoms with Crippen molar-refractivity contribution in [2.24, 2.45) is 0 Å². The molecule has 1 aliphatic rings. The Morgan fingerprint density at radius 2 is 1.97 bits per heavy atom. The molecular formula is C26H24F3N9. The molecule has 0 radical (unpaired) electrons. The number of nitrogens with zero attached hydrogens (tertiary/aromatic N) is 8. The maximum Gasteiger partial charge on any atom is 0.334 e. The summed E-state index contributed by atoms with van der Waals surface area (Å²) in [5.74, 6) is -3.77. The summed E-state index contributed by atoms with van der Waals surface area (Å²) < 4.78 is 50.4. The fourth-order valence-corrected chi connectivity index (χ4v) is 4.88. The number of rotatable bonds is 6. The monoisotopic (exact) mass is 519 g/mol. The van der Waals surface area contributed by atoms with Gasteiger partial charge in [0.05, 0.1) is 29.2 Å². The topological polar surface area (TPSA) is 91.3 Å². The number of fused-ring (bicyclic) bond motifs is 3. The molecular weight excluding hydrogens is 495 g/mol. The summed E-state index contributed by atoms with van der Waals surface area (Å²) in [6, 6.07) is 8.14. The summed E-state index contributed by atoms with van der Waals surface area (Å²) in [7, 11) is 0. The van der Waals surface area contributed by atoms with Gasteiger partial charge in [0, 0.05) is 37.1 Å². The van der Waals surface area contributed by atoms with Crippen molar-refractivity contribution in [1.29, 1.82) is 0 Å². The molecule has 0 aliphatic carbocycles. The van der Waals surface area contributed by atoms with Gasteiger partial charge in [-0.1, -0.05) is 12.1 Å². The predicted molar refractivity (Wildman–Crippen MR) is 135 cm³/mol. The van der Waals surface area contributed by atoms with Crippen LogP contribution < -0.4 is 5.32 Å². The standard InChI is InChI=1S/C26H24F3N9/c1-4-37-21(9-10-31-37)32-25-30-12-15(2)22(33-25)17-11-20-23-34-35-24(38(23)16(3)13-36(20)14-17)26(28,29)18-7-5-6-8-19(18)27/h5-12,14,16H,4,13H2,1-3H3,(H,30,32,33)/t16-/m0/s1. The number of nitrogens with one attached hydrogen (secondary N) is 1. The van der Waals surface area contributed by atoms with Crippen molar-refractivity contribution in [2.75, 3.05) is 5.32 Å². The lowest BCUT2D eigenvalue weighted by Crippen LogP contribution is -2.28. The number of halogens is 3. The molecule has 1 aliphatic heterocycles. The van der Waals surface area contributed by atoms with Crippen molar-refractivity contribution in [3.63, 3.8) is 0 Å². The van der Waals surface area contributed by atoms with Crippen LogP contribution in [0.1, 0.15) is 36.8 Å². The first-order valence-corrected chi connectivity index (χ1v) is 12.2. The van der Waals surface area contributed by atoms with E-state index in [0.29, 0.717) is 30.4 Å². The minimum Gasteiger partial charge on any atom is -0.342 e. The molecule has 5 heterocycles. The molecule has 0 saturated heterocycles. The number of benzene rings is 1. The number of alkyl halides is 2. The van der Waals surface area contributed by atoms with Gasteiger partial charge in [0.2, 0.25) is 11.8 Å². The first-order valence-electron chi connectivity index (χ1n) is 12.2. The molecule has 38 heavy (non-hydrogen) atoms. The Morgan fingerprint density at radius 1 is 1.16 bits per heavy atom. The van der Waals surface area contributed by atoms with Crippen LogP contribution in [0.15, 0.2) is 55.0 Å². The van der Waals surface area contributed by atoms with Gasteiger partial charge in [0.1, 0.15) is 11.6 Å². The van der Waals surface area contributed by atoms with Crippen molar-refractivity contribution >= 4 is 11.8 Å². The summed E-state index contributed by atoms with van der Waals surface area (Å²) in [4.78, 5) is 9.12. The third-order valence-electron chi connectivity index (χ3n) is 6.72. The average molecular weight is 520 g/mol. The molecule has 0 unspecified atom stereocenters. The van der Waals surface area contributed by atoms with E-state index in [1.54, 1.807) is 17.1 Å². The second-order valence-corrected chi connectivity index (χ2v) is 9.27. The highest BCUT2D eigenvalue weighted by molar-refractivity contribution is 5.71. The van der Waals surface area contributed by atoms with E-state index in [1.807, 2.05) is 43.7 Å². The fourth-order valence-electron chi connectivity index (χ4n) is 4.88. The lowest BCUT2D eigenvalue weighted by atomic mass is 10.1. The molecule has 1 atom stereocenters. The SMILES string of the molecule is CCn1nccc1Nc1ncc(C)c(-c2cc3n(c2)C[C@H](C)n2c-3nnc2C(F)(F)c2ccccc2F)n1. The van der Waals surface area contributed by atoms with Gasteiger partial charge in [-0.3, -0.25) is 4.57 Å². The van der Waals surface area contributed by atoms with E-state index in [2.05, 4.69) is 25.6 Å². The van der Waals surface area contributed by atoms with Crippen molar-refractivity contribution in [1.82, 2.24) is 39.1 Å². The highest BCUT2D eigenvalue weighted by Crippen LogP contribution is 2.41. The zero-order valence-electron chi connectivity index (χ0n) is 20.9. The number of aryl methyl sites for hydroxylation is 2. The van der Waals surface area contributed by atoms with Crippen LogP contribution in [-0.2, 0) is 19.0 Å². The van der Waals surface area contributed by atoms with Crippen molar-refractivity contribution in [2.45, 2.75) is 45.8 Å². The van der Waals surface area contributed by atoms with Crippen LogP contribution in [0.25, 0.3) is 22.8 Å². The summed E-state index contributed by atoms with van der Waals surface area (Å²) in [5, 5.41) is 15.4. The molecule has 9 nitrogen and oxygen atoms in total. The van der Waals surface area contributed by atoms with Gasteiger partial charge in [0.15, 0.2) is 5.82 Å². The molecule has 6 rings (SSSR count). The summed E-state index contributed by atoms with van der Waals surface area (Å²) in [5.41, 5.74) is 2.23. The number of anilines is 2. The molecule has 0 spiro atoms. The summed E-state index contributed by atoms with van der Waals surface area (Å²) in [6.45, 7) is 6.81. The average Bonchev–Trinajstić information content (AvgIpc) is 3.63. The van der Waals surface area contributed by atoms with Crippen LogP contribution in [0.5, 0.6) is 0 Å². The van der Waals surface area contributed by atoms with Gasteiger partial charge < -0.3 is 9.88 Å². The molecule has 0 amide bonds. The molecule has 4 aromatic heterocycles. The summed E-state index contributed by atoms with van der Waals surface area (Å²) in [6.07, 6.45) is 5.35. The highest BCUT2D eigenvalue weighted by Gasteiger charge is 2.44. The van der Waals surface area contributed by atoms with Crippen LogP contribution in [0.4, 0.5) is 24.9 Å². The molecule has 0 bridgehead atoms. The zero-order valence-corrected chi connectivity index (χ0v) is 20.9. The van der Waals surface area contributed by atoms with Gasteiger partial charge in [0.25, 0.3) is 0 Å². The molecule has 5 aromatic rings. The fraction of sp³-hybridized carbons (Fsp3) is 0.269. The first kappa shape index (κ1) is 23.9. The highest BCUT2D eigenvalue weighted by atomic mass is 19.3. The van der Waals surface area contributed by atoms with Crippen LogP contribution in [0.3, 0.4) is 0 Å².